The Hall–Kier alpha value is -1.61. The van der Waals surface area contributed by atoms with Gasteiger partial charge in [-0.15, -0.1) is 0 Å². The van der Waals surface area contributed by atoms with E-state index in [0.29, 0.717) is 16.8 Å². The molecule has 0 saturated heterocycles. The molecule has 2 rings (SSSR count). The van der Waals surface area contributed by atoms with Gasteiger partial charge in [-0.1, -0.05) is 35.9 Å². The van der Waals surface area contributed by atoms with Crippen LogP contribution in [0.25, 0.3) is 0 Å². The van der Waals surface area contributed by atoms with Gasteiger partial charge in [0.2, 0.25) is 11.6 Å². The van der Waals surface area contributed by atoms with Gasteiger partial charge in [0.15, 0.2) is 0 Å². The summed E-state index contributed by atoms with van der Waals surface area (Å²) >= 11 is 6.21. The first-order valence-corrected chi connectivity index (χ1v) is 7.10. The zero-order valence-corrected chi connectivity index (χ0v) is 12.9. The number of halogens is 1. The van der Waals surface area contributed by atoms with Crippen molar-refractivity contribution in [2.75, 3.05) is 0 Å². The van der Waals surface area contributed by atoms with E-state index >= 15 is 0 Å². The van der Waals surface area contributed by atoms with Gasteiger partial charge in [-0.25, -0.2) is 0 Å². The minimum Gasteiger partial charge on any atom is -0.362 e. The molecule has 0 radical (unpaired) electrons. The summed E-state index contributed by atoms with van der Waals surface area (Å²) < 4.78 is 0. The first-order chi connectivity index (χ1) is 9.36. The minimum absolute atomic E-state index is 0.0242. The number of ketones is 2. The molecule has 106 valence electrons. The van der Waals surface area contributed by atoms with Gasteiger partial charge in [0.1, 0.15) is 10.7 Å². The summed E-state index contributed by atoms with van der Waals surface area (Å²) in [6, 6.07) is 6.99. The van der Waals surface area contributed by atoms with E-state index in [1.165, 1.54) is 0 Å². The Bertz CT molecular complexity index is 594. The van der Waals surface area contributed by atoms with Crippen LogP contribution in [0.3, 0.4) is 0 Å². The third kappa shape index (κ3) is 2.27. The molecule has 0 amide bonds. The fourth-order valence-corrected chi connectivity index (χ4v) is 2.96. The predicted octanol–water partition coefficient (Wildman–Crippen LogP) is 3.63. The zero-order chi connectivity index (χ0) is 15.0. The van der Waals surface area contributed by atoms with E-state index in [9.17, 15) is 9.59 Å². The van der Waals surface area contributed by atoms with Crippen molar-refractivity contribution in [3.63, 3.8) is 0 Å². The fourth-order valence-electron chi connectivity index (χ4n) is 2.68. The number of hydrogen-bond acceptors (Lipinski definition) is 3. The molecule has 3 nitrogen and oxygen atoms in total. The van der Waals surface area contributed by atoms with E-state index in [-0.39, 0.29) is 28.7 Å². The molecule has 0 heterocycles. The summed E-state index contributed by atoms with van der Waals surface area (Å²) in [5.41, 5.74) is 1.14. The molecule has 0 aliphatic heterocycles. The number of fused-ring (bicyclic) bond motifs is 1. The second kappa shape index (κ2) is 5.41. The van der Waals surface area contributed by atoms with Crippen molar-refractivity contribution in [1.29, 1.82) is 0 Å². The third-order valence-corrected chi connectivity index (χ3v) is 3.76. The largest absolute Gasteiger partial charge is 0.362 e. The highest BCUT2D eigenvalue weighted by Gasteiger charge is 2.35. The molecule has 1 aromatic carbocycles. The lowest BCUT2D eigenvalue weighted by Crippen LogP contribution is -2.41. The molecule has 0 fully saturated rings. The summed E-state index contributed by atoms with van der Waals surface area (Å²) in [6.45, 7) is 7.93. The summed E-state index contributed by atoms with van der Waals surface area (Å²) in [4.78, 5) is 26.9. The van der Waals surface area contributed by atoms with Gasteiger partial charge in [0, 0.05) is 23.2 Å². The van der Waals surface area contributed by atoms with E-state index in [0.717, 1.165) is 0 Å². The molecular weight excluding hydrogens is 274 g/mol. The number of carbonyl (C=O) groups is 2. The van der Waals surface area contributed by atoms with Crippen LogP contribution in [0.5, 0.6) is 0 Å². The molecule has 20 heavy (non-hydrogen) atoms. The molecular formula is C16H18ClNO2. The number of carbonyl (C=O) groups excluding carboxylic acids is 2. The molecule has 1 aliphatic rings. The second-order valence-electron chi connectivity index (χ2n) is 5.46. The lowest BCUT2D eigenvalue weighted by molar-refractivity contribution is 0.0919. The van der Waals surface area contributed by atoms with E-state index in [1.807, 2.05) is 32.6 Å². The third-order valence-electron chi connectivity index (χ3n) is 3.41. The molecule has 0 atom stereocenters. The molecule has 0 N–H and O–H groups in total. The van der Waals surface area contributed by atoms with Gasteiger partial charge < -0.3 is 4.90 Å². The Morgan fingerprint density at radius 2 is 1.35 bits per heavy atom. The number of Topliss-reactive ketones (excluding diaryl/α,β-unsaturated/α-hetero) is 2. The van der Waals surface area contributed by atoms with Crippen molar-refractivity contribution in [2.24, 2.45) is 0 Å². The van der Waals surface area contributed by atoms with E-state index in [4.69, 9.17) is 11.6 Å². The topological polar surface area (TPSA) is 37.4 Å². The molecule has 0 aromatic heterocycles. The lowest BCUT2D eigenvalue weighted by Gasteiger charge is -2.36. The van der Waals surface area contributed by atoms with Crippen LogP contribution in [0.2, 0.25) is 0 Å². The Labute approximate surface area is 124 Å². The van der Waals surface area contributed by atoms with E-state index in [2.05, 4.69) is 0 Å². The van der Waals surface area contributed by atoms with Gasteiger partial charge in [0.05, 0.1) is 0 Å². The number of rotatable bonds is 3. The number of hydrogen-bond donors (Lipinski definition) is 0. The first-order valence-electron chi connectivity index (χ1n) is 6.72. The van der Waals surface area contributed by atoms with Gasteiger partial charge >= 0.3 is 0 Å². The first kappa shape index (κ1) is 14.8. The van der Waals surface area contributed by atoms with Crippen molar-refractivity contribution in [1.82, 2.24) is 4.90 Å². The maximum atomic E-state index is 12.7. The van der Waals surface area contributed by atoms with Gasteiger partial charge in [-0.05, 0) is 27.7 Å². The van der Waals surface area contributed by atoms with Gasteiger partial charge in [-0.3, -0.25) is 9.59 Å². The molecule has 0 saturated carbocycles. The van der Waals surface area contributed by atoms with Crippen LogP contribution in [0.1, 0.15) is 48.4 Å². The van der Waals surface area contributed by atoms with Crippen LogP contribution in [-0.4, -0.2) is 28.6 Å². The zero-order valence-electron chi connectivity index (χ0n) is 12.1. The number of nitrogens with zero attached hydrogens (tertiary/aromatic N) is 1. The molecule has 0 bridgehead atoms. The maximum Gasteiger partial charge on any atom is 0.211 e. The van der Waals surface area contributed by atoms with Crippen LogP contribution in [0.4, 0.5) is 0 Å². The molecule has 0 spiro atoms. The summed E-state index contributed by atoms with van der Waals surface area (Å²) in [6.07, 6.45) is 0. The lowest BCUT2D eigenvalue weighted by atomic mass is 9.91. The van der Waals surface area contributed by atoms with Crippen molar-refractivity contribution < 1.29 is 9.59 Å². The second-order valence-corrected chi connectivity index (χ2v) is 5.84. The summed E-state index contributed by atoms with van der Waals surface area (Å²) in [5, 5.41) is 0.0242. The Kier molecular flexibility index (Phi) is 4.00. The van der Waals surface area contributed by atoms with E-state index < -0.39 is 0 Å². The van der Waals surface area contributed by atoms with Crippen LogP contribution >= 0.6 is 11.6 Å². The highest BCUT2D eigenvalue weighted by molar-refractivity contribution is 6.49. The molecule has 0 unspecified atom stereocenters. The summed E-state index contributed by atoms with van der Waals surface area (Å²) in [7, 11) is 0. The quantitative estimate of drug-likeness (QED) is 0.853. The Morgan fingerprint density at radius 3 is 1.80 bits per heavy atom. The maximum absolute atomic E-state index is 12.7. The van der Waals surface area contributed by atoms with Gasteiger partial charge in [-0.2, -0.15) is 0 Å². The number of benzene rings is 1. The van der Waals surface area contributed by atoms with Gasteiger partial charge in [0.25, 0.3) is 0 Å². The highest BCUT2D eigenvalue weighted by atomic mass is 35.5. The van der Waals surface area contributed by atoms with Crippen LogP contribution in [0.15, 0.2) is 35.0 Å². The number of allylic oxidation sites excluding steroid dienone is 2. The van der Waals surface area contributed by atoms with Crippen molar-refractivity contribution in [2.45, 2.75) is 39.8 Å². The molecule has 1 aliphatic carbocycles. The smallest absolute Gasteiger partial charge is 0.211 e. The average molecular weight is 292 g/mol. The minimum atomic E-state index is -0.275. The predicted molar refractivity (Wildman–Crippen MR) is 80.1 cm³/mol. The monoisotopic (exact) mass is 291 g/mol. The standard InChI is InChI=1S/C16H18ClNO2/c1-9(2)18(10(3)4)14-13(17)15(19)11-7-5-6-8-12(11)16(14)20/h5-10H,1-4H3. The molecule has 1 aromatic rings. The SMILES string of the molecule is CC(C)N(C1=C(Cl)C(=O)c2ccccc2C1=O)C(C)C. The Morgan fingerprint density at radius 1 is 0.900 bits per heavy atom. The van der Waals surface area contributed by atoms with Crippen molar-refractivity contribution in [3.8, 4) is 0 Å². The van der Waals surface area contributed by atoms with Crippen LogP contribution in [0, 0.1) is 0 Å². The Balaban J connectivity index is 2.62. The summed E-state index contributed by atoms with van der Waals surface area (Å²) in [5.74, 6) is -0.448. The van der Waals surface area contributed by atoms with Crippen molar-refractivity contribution in [3.05, 3.63) is 46.1 Å². The van der Waals surface area contributed by atoms with Crippen molar-refractivity contribution >= 4 is 23.2 Å². The van der Waals surface area contributed by atoms with Crippen LogP contribution < -0.4 is 0 Å². The highest BCUT2D eigenvalue weighted by Crippen LogP contribution is 2.32. The van der Waals surface area contributed by atoms with Crippen LogP contribution in [-0.2, 0) is 0 Å². The normalized spacial score (nSPS) is 15.2. The average Bonchev–Trinajstić information content (AvgIpc) is 2.40. The van der Waals surface area contributed by atoms with E-state index in [1.54, 1.807) is 24.3 Å². The molecule has 4 heteroatoms. The fraction of sp³-hybridized carbons (Fsp3) is 0.375.